The number of hydrogen-bond acceptors (Lipinski definition) is 3. The van der Waals surface area contributed by atoms with E-state index in [0.29, 0.717) is 6.10 Å². The molecule has 2 heterocycles. The summed E-state index contributed by atoms with van der Waals surface area (Å²) in [6.07, 6.45) is 4.08. The molecule has 1 fully saturated rings. The van der Waals surface area contributed by atoms with Crippen LogP contribution in [0.25, 0.3) is 0 Å². The van der Waals surface area contributed by atoms with Crippen LogP contribution in [0.4, 0.5) is 5.69 Å². The Morgan fingerprint density at radius 1 is 1.33 bits per heavy atom. The number of likely N-dealkylation sites (tertiary alicyclic amines) is 1. The molecule has 1 aromatic rings. The van der Waals surface area contributed by atoms with Gasteiger partial charge in [-0.05, 0) is 50.0 Å². The zero-order valence-corrected chi connectivity index (χ0v) is 11.1. The summed E-state index contributed by atoms with van der Waals surface area (Å²) in [7, 11) is 0. The van der Waals surface area contributed by atoms with Crippen molar-refractivity contribution >= 4 is 5.69 Å². The molecule has 98 valence electrons. The molecule has 3 nitrogen and oxygen atoms in total. The zero-order chi connectivity index (χ0) is 12.4. The van der Waals surface area contributed by atoms with Crippen LogP contribution >= 0.6 is 0 Å². The molecule has 0 saturated carbocycles. The van der Waals surface area contributed by atoms with E-state index in [2.05, 4.69) is 35.3 Å². The molecule has 1 aromatic carbocycles. The molecule has 0 amide bonds. The molecule has 0 bridgehead atoms. The molecule has 1 saturated heterocycles. The van der Waals surface area contributed by atoms with E-state index in [1.54, 1.807) is 0 Å². The molecule has 18 heavy (non-hydrogen) atoms. The fourth-order valence-corrected chi connectivity index (χ4v) is 2.79. The summed E-state index contributed by atoms with van der Waals surface area (Å²) in [4.78, 5) is 2.53. The SMILES string of the molecule is CCC1CNc2cc(CN3CCCC3)ccc2O1. The Bertz CT molecular complexity index is 413. The first-order valence-electron chi connectivity index (χ1n) is 7.11. The predicted octanol–water partition coefficient (Wildman–Crippen LogP) is 2.87. The van der Waals surface area contributed by atoms with Gasteiger partial charge in [0, 0.05) is 6.54 Å². The number of hydrogen-bond donors (Lipinski definition) is 1. The van der Waals surface area contributed by atoms with Gasteiger partial charge in [0.2, 0.25) is 0 Å². The van der Waals surface area contributed by atoms with Crippen molar-refractivity contribution in [2.75, 3.05) is 25.0 Å². The molecule has 0 spiro atoms. The van der Waals surface area contributed by atoms with Crippen LogP contribution in [-0.4, -0.2) is 30.6 Å². The minimum Gasteiger partial charge on any atom is -0.486 e. The van der Waals surface area contributed by atoms with Gasteiger partial charge in [0.15, 0.2) is 0 Å². The Morgan fingerprint density at radius 2 is 2.17 bits per heavy atom. The summed E-state index contributed by atoms with van der Waals surface area (Å²) >= 11 is 0. The van der Waals surface area contributed by atoms with Gasteiger partial charge in [-0.2, -0.15) is 0 Å². The molecular formula is C15H22N2O. The Morgan fingerprint density at radius 3 is 2.94 bits per heavy atom. The van der Waals surface area contributed by atoms with Crippen molar-refractivity contribution < 1.29 is 4.74 Å². The van der Waals surface area contributed by atoms with E-state index in [1.807, 2.05) is 0 Å². The van der Waals surface area contributed by atoms with Crippen molar-refractivity contribution in [1.82, 2.24) is 4.90 Å². The maximum Gasteiger partial charge on any atom is 0.142 e. The fourth-order valence-electron chi connectivity index (χ4n) is 2.79. The smallest absolute Gasteiger partial charge is 0.142 e. The number of nitrogens with zero attached hydrogens (tertiary/aromatic N) is 1. The molecule has 0 radical (unpaired) electrons. The van der Waals surface area contributed by atoms with Gasteiger partial charge in [-0.15, -0.1) is 0 Å². The highest BCUT2D eigenvalue weighted by atomic mass is 16.5. The Hall–Kier alpha value is -1.22. The summed E-state index contributed by atoms with van der Waals surface area (Å²) in [5, 5.41) is 3.49. The first kappa shape index (κ1) is 11.8. The molecule has 2 aliphatic rings. The van der Waals surface area contributed by atoms with Gasteiger partial charge >= 0.3 is 0 Å². The Kier molecular flexibility index (Phi) is 3.41. The lowest BCUT2D eigenvalue weighted by atomic mass is 10.1. The van der Waals surface area contributed by atoms with E-state index >= 15 is 0 Å². The van der Waals surface area contributed by atoms with Crippen LogP contribution in [0.3, 0.4) is 0 Å². The quantitative estimate of drug-likeness (QED) is 0.887. The van der Waals surface area contributed by atoms with E-state index in [4.69, 9.17) is 4.74 Å². The van der Waals surface area contributed by atoms with Gasteiger partial charge in [-0.1, -0.05) is 13.0 Å². The van der Waals surface area contributed by atoms with E-state index in [0.717, 1.165) is 30.9 Å². The number of nitrogens with one attached hydrogen (secondary N) is 1. The minimum absolute atomic E-state index is 0.321. The maximum absolute atomic E-state index is 5.93. The summed E-state index contributed by atoms with van der Waals surface area (Å²) in [6.45, 7) is 6.67. The second kappa shape index (κ2) is 5.19. The molecule has 1 unspecified atom stereocenters. The summed E-state index contributed by atoms with van der Waals surface area (Å²) < 4.78 is 5.93. The topological polar surface area (TPSA) is 24.5 Å². The fraction of sp³-hybridized carbons (Fsp3) is 0.600. The largest absolute Gasteiger partial charge is 0.486 e. The van der Waals surface area contributed by atoms with Crippen LogP contribution in [0.1, 0.15) is 31.7 Å². The Balaban J connectivity index is 1.71. The highest BCUT2D eigenvalue weighted by Crippen LogP contribution is 2.31. The number of benzene rings is 1. The number of rotatable bonds is 3. The van der Waals surface area contributed by atoms with Crippen molar-refractivity contribution in [3.05, 3.63) is 23.8 Å². The maximum atomic E-state index is 5.93. The van der Waals surface area contributed by atoms with E-state index in [9.17, 15) is 0 Å². The molecule has 0 aliphatic carbocycles. The van der Waals surface area contributed by atoms with Crippen molar-refractivity contribution in [1.29, 1.82) is 0 Å². The van der Waals surface area contributed by atoms with Crippen LogP contribution in [0.5, 0.6) is 5.75 Å². The van der Waals surface area contributed by atoms with Crippen LogP contribution in [0, 0.1) is 0 Å². The van der Waals surface area contributed by atoms with Gasteiger partial charge < -0.3 is 10.1 Å². The van der Waals surface area contributed by atoms with Gasteiger partial charge in [0.25, 0.3) is 0 Å². The van der Waals surface area contributed by atoms with Crippen LogP contribution < -0.4 is 10.1 Å². The number of fused-ring (bicyclic) bond motifs is 1. The first-order chi connectivity index (χ1) is 8.85. The molecule has 1 N–H and O–H groups in total. The van der Waals surface area contributed by atoms with Crippen LogP contribution in [0.15, 0.2) is 18.2 Å². The molecule has 0 aromatic heterocycles. The van der Waals surface area contributed by atoms with Crippen molar-refractivity contribution in [2.45, 2.75) is 38.8 Å². The average Bonchev–Trinajstić information content (AvgIpc) is 2.91. The lowest BCUT2D eigenvalue weighted by Gasteiger charge is -2.27. The predicted molar refractivity (Wildman–Crippen MR) is 74.1 cm³/mol. The summed E-state index contributed by atoms with van der Waals surface area (Å²) in [6, 6.07) is 6.58. The van der Waals surface area contributed by atoms with Gasteiger partial charge in [0.1, 0.15) is 11.9 Å². The van der Waals surface area contributed by atoms with Gasteiger partial charge in [-0.3, -0.25) is 4.90 Å². The lowest BCUT2D eigenvalue weighted by Crippen LogP contribution is -2.30. The first-order valence-corrected chi connectivity index (χ1v) is 7.11. The third-order valence-corrected chi connectivity index (χ3v) is 3.92. The second-order valence-corrected chi connectivity index (χ2v) is 5.34. The Labute approximate surface area is 109 Å². The summed E-state index contributed by atoms with van der Waals surface area (Å²) in [5.41, 5.74) is 2.55. The third kappa shape index (κ3) is 2.46. The highest BCUT2D eigenvalue weighted by Gasteiger charge is 2.18. The molecular weight excluding hydrogens is 224 g/mol. The monoisotopic (exact) mass is 246 g/mol. The molecule has 1 atom stereocenters. The zero-order valence-electron chi connectivity index (χ0n) is 11.1. The standard InChI is InChI=1S/C15H22N2O/c1-2-13-10-16-14-9-12(5-6-15(14)18-13)11-17-7-3-4-8-17/h5-6,9,13,16H,2-4,7-8,10-11H2,1H3. The van der Waals surface area contributed by atoms with Crippen molar-refractivity contribution in [2.24, 2.45) is 0 Å². The van der Waals surface area contributed by atoms with E-state index in [1.165, 1.54) is 31.5 Å². The van der Waals surface area contributed by atoms with Crippen molar-refractivity contribution in [3.8, 4) is 5.75 Å². The summed E-state index contributed by atoms with van der Waals surface area (Å²) in [5.74, 6) is 1.01. The van der Waals surface area contributed by atoms with Gasteiger partial charge in [0.05, 0.1) is 12.2 Å². The second-order valence-electron chi connectivity index (χ2n) is 5.34. The molecule has 3 heteroatoms. The van der Waals surface area contributed by atoms with Crippen LogP contribution in [0.2, 0.25) is 0 Å². The van der Waals surface area contributed by atoms with Crippen molar-refractivity contribution in [3.63, 3.8) is 0 Å². The molecule has 3 rings (SSSR count). The minimum atomic E-state index is 0.321. The molecule has 2 aliphatic heterocycles. The van der Waals surface area contributed by atoms with Gasteiger partial charge in [-0.25, -0.2) is 0 Å². The van der Waals surface area contributed by atoms with E-state index in [-0.39, 0.29) is 0 Å². The highest BCUT2D eigenvalue weighted by molar-refractivity contribution is 5.59. The van der Waals surface area contributed by atoms with Crippen LogP contribution in [-0.2, 0) is 6.54 Å². The normalized spacial score (nSPS) is 23.3. The average molecular weight is 246 g/mol. The lowest BCUT2D eigenvalue weighted by molar-refractivity contribution is 0.201. The third-order valence-electron chi connectivity index (χ3n) is 3.92. The number of anilines is 1. The number of ether oxygens (including phenoxy) is 1. The van der Waals surface area contributed by atoms with E-state index < -0.39 is 0 Å².